The van der Waals surface area contributed by atoms with Crippen molar-refractivity contribution < 1.29 is 34.7 Å². The van der Waals surface area contributed by atoms with Crippen LogP contribution in [0.25, 0.3) is 10.9 Å². The quantitative estimate of drug-likeness (QED) is 0.564. The molecule has 0 aliphatic rings. The van der Waals surface area contributed by atoms with Gasteiger partial charge in [-0.3, -0.25) is 4.98 Å². The molecule has 2 N–H and O–H groups in total. The van der Waals surface area contributed by atoms with Crippen LogP contribution < -0.4 is 40.4 Å². The van der Waals surface area contributed by atoms with E-state index in [1.807, 2.05) is 0 Å². The average Bonchev–Trinajstić information content (AvgIpc) is 2.20. The van der Waals surface area contributed by atoms with Crippen LogP contribution in [0.15, 0.2) is 18.2 Å². The fraction of sp³-hybridized carbons (Fsp3) is 0. The molecule has 1 aromatic carbocycles. The summed E-state index contributed by atoms with van der Waals surface area (Å²) in [7, 11) is 0. The SMILES string of the molecule is N#Cc1c([O-])nc2ccc(Cl)cc2c1N.[Na+]. The molecule has 0 saturated heterocycles. The van der Waals surface area contributed by atoms with Crippen molar-refractivity contribution in [3.8, 4) is 11.9 Å². The minimum atomic E-state index is -0.607. The van der Waals surface area contributed by atoms with Gasteiger partial charge in [0, 0.05) is 16.3 Å². The Labute approximate surface area is 119 Å². The maximum atomic E-state index is 11.3. The van der Waals surface area contributed by atoms with Gasteiger partial charge < -0.3 is 10.8 Å². The van der Waals surface area contributed by atoms with Crippen LogP contribution >= 0.6 is 11.6 Å². The van der Waals surface area contributed by atoms with Crippen molar-refractivity contribution in [1.29, 1.82) is 5.26 Å². The third-order valence-corrected chi connectivity index (χ3v) is 2.30. The summed E-state index contributed by atoms with van der Waals surface area (Å²) in [6.45, 7) is 0. The van der Waals surface area contributed by atoms with Crippen LogP contribution in [0.2, 0.25) is 5.02 Å². The van der Waals surface area contributed by atoms with Crippen molar-refractivity contribution in [2.45, 2.75) is 0 Å². The normalized spacial score (nSPS) is 9.50. The summed E-state index contributed by atoms with van der Waals surface area (Å²) in [4.78, 5) is 3.73. The van der Waals surface area contributed by atoms with Crippen LogP contribution in [0.5, 0.6) is 5.88 Å². The zero-order valence-electron chi connectivity index (χ0n) is 8.49. The third-order valence-electron chi connectivity index (χ3n) is 2.07. The molecule has 16 heavy (non-hydrogen) atoms. The van der Waals surface area contributed by atoms with Gasteiger partial charge in [-0.15, -0.1) is 0 Å². The number of nitrogens with zero attached hydrogens (tertiary/aromatic N) is 2. The zero-order chi connectivity index (χ0) is 11.0. The molecular formula is C10H5ClN3NaO. The Morgan fingerprint density at radius 1 is 1.44 bits per heavy atom. The second-order valence-electron chi connectivity index (χ2n) is 2.98. The van der Waals surface area contributed by atoms with E-state index in [1.165, 1.54) is 0 Å². The molecule has 0 bridgehead atoms. The van der Waals surface area contributed by atoms with Crippen molar-refractivity contribution in [2.24, 2.45) is 0 Å². The van der Waals surface area contributed by atoms with Gasteiger partial charge in [0.1, 0.15) is 6.07 Å². The molecule has 2 rings (SSSR count). The van der Waals surface area contributed by atoms with Crippen LogP contribution in [-0.2, 0) is 0 Å². The number of aromatic nitrogens is 1. The monoisotopic (exact) mass is 241 g/mol. The van der Waals surface area contributed by atoms with E-state index in [1.54, 1.807) is 24.3 Å². The van der Waals surface area contributed by atoms with Crippen molar-refractivity contribution >= 4 is 28.2 Å². The molecule has 0 aliphatic carbocycles. The minimum absolute atomic E-state index is 0. The van der Waals surface area contributed by atoms with Gasteiger partial charge in [-0.05, 0) is 18.2 Å². The van der Waals surface area contributed by atoms with E-state index in [2.05, 4.69) is 4.98 Å². The second kappa shape index (κ2) is 4.89. The topological polar surface area (TPSA) is 85.8 Å². The number of nitriles is 1. The first kappa shape index (κ1) is 13.1. The number of hydrogen-bond acceptors (Lipinski definition) is 4. The number of hydrogen-bond donors (Lipinski definition) is 1. The summed E-state index contributed by atoms with van der Waals surface area (Å²) in [6, 6.07) is 6.52. The smallest absolute Gasteiger partial charge is 0.858 e. The van der Waals surface area contributed by atoms with Crippen LogP contribution in [0, 0.1) is 11.3 Å². The molecule has 6 heteroatoms. The van der Waals surface area contributed by atoms with Crippen molar-refractivity contribution in [3.63, 3.8) is 0 Å². The third kappa shape index (κ3) is 2.08. The van der Waals surface area contributed by atoms with Crippen LogP contribution in [0.3, 0.4) is 0 Å². The van der Waals surface area contributed by atoms with Crippen LogP contribution in [-0.4, -0.2) is 4.98 Å². The number of fused-ring (bicyclic) bond motifs is 1. The summed E-state index contributed by atoms with van der Waals surface area (Å²) >= 11 is 5.78. The first-order valence-electron chi connectivity index (χ1n) is 4.09. The molecule has 0 amide bonds. The molecule has 1 heterocycles. The fourth-order valence-corrected chi connectivity index (χ4v) is 1.52. The Morgan fingerprint density at radius 2 is 2.12 bits per heavy atom. The Bertz CT molecular complexity index is 595. The Balaban J connectivity index is 0.00000128. The molecule has 4 nitrogen and oxygen atoms in total. The first-order valence-corrected chi connectivity index (χ1v) is 4.47. The summed E-state index contributed by atoms with van der Waals surface area (Å²) < 4.78 is 0. The second-order valence-corrected chi connectivity index (χ2v) is 3.42. The molecule has 0 spiro atoms. The van der Waals surface area contributed by atoms with Gasteiger partial charge in [-0.2, -0.15) is 5.26 Å². The molecule has 74 valence electrons. The number of benzene rings is 1. The first-order chi connectivity index (χ1) is 7.13. The molecule has 0 fully saturated rings. The number of nitrogen functional groups attached to an aromatic ring is 1. The maximum absolute atomic E-state index is 11.3. The predicted molar refractivity (Wildman–Crippen MR) is 55.3 cm³/mol. The van der Waals surface area contributed by atoms with Gasteiger partial charge in [0.05, 0.1) is 16.8 Å². The van der Waals surface area contributed by atoms with Crippen molar-refractivity contribution in [2.75, 3.05) is 5.73 Å². The van der Waals surface area contributed by atoms with E-state index in [0.29, 0.717) is 15.9 Å². The average molecular weight is 242 g/mol. The largest absolute Gasteiger partial charge is 1.00 e. The summed E-state index contributed by atoms with van der Waals surface area (Å²) in [5.74, 6) is -0.607. The van der Waals surface area contributed by atoms with Crippen molar-refractivity contribution in [3.05, 3.63) is 28.8 Å². The summed E-state index contributed by atoms with van der Waals surface area (Å²) in [5, 5.41) is 21.1. The van der Waals surface area contributed by atoms with E-state index >= 15 is 0 Å². The summed E-state index contributed by atoms with van der Waals surface area (Å²) in [6.07, 6.45) is 0. The Morgan fingerprint density at radius 3 is 2.75 bits per heavy atom. The summed E-state index contributed by atoms with van der Waals surface area (Å²) in [5.41, 5.74) is 6.12. The number of pyridine rings is 1. The van der Waals surface area contributed by atoms with E-state index in [4.69, 9.17) is 22.6 Å². The molecule has 0 saturated carbocycles. The fourth-order valence-electron chi connectivity index (χ4n) is 1.34. The number of nitrogens with two attached hydrogens (primary N) is 1. The van der Waals surface area contributed by atoms with E-state index in [9.17, 15) is 5.11 Å². The number of halogens is 1. The zero-order valence-corrected chi connectivity index (χ0v) is 11.2. The predicted octanol–water partition coefficient (Wildman–Crippen LogP) is -1.58. The van der Waals surface area contributed by atoms with E-state index in [0.717, 1.165) is 0 Å². The van der Waals surface area contributed by atoms with Crippen LogP contribution in [0.4, 0.5) is 5.69 Å². The van der Waals surface area contributed by atoms with Gasteiger partial charge in [-0.25, -0.2) is 0 Å². The minimum Gasteiger partial charge on any atom is -0.858 e. The molecule has 0 atom stereocenters. The number of rotatable bonds is 0. The maximum Gasteiger partial charge on any atom is 1.00 e. The standard InChI is InChI=1S/C10H6ClN3O.Na/c11-5-1-2-8-6(3-5)9(13)7(4-12)10(15)14-8;/h1-3H,(H3,13,14,15);/q;+1/p-1. The van der Waals surface area contributed by atoms with Gasteiger partial charge in [0.2, 0.25) is 0 Å². The molecular weight excluding hydrogens is 237 g/mol. The molecule has 0 radical (unpaired) electrons. The molecule has 0 unspecified atom stereocenters. The van der Waals surface area contributed by atoms with Crippen molar-refractivity contribution in [1.82, 2.24) is 4.98 Å². The van der Waals surface area contributed by atoms with Gasteiger partial charge >= 0.3 is 29.6 Å². The van der Waals surface area contributed by atoms with E-state index in [-0.39, 0.29) is 40.8 Å². The molecule has 2 aromatic rings. The molecule has 0 aliphatic heterocycles. The number of anilines is 1. The van der Waals surface area contributed by atoms with Gasteiger partial charge in [-0.1, -0.05) is 11.6 Å². The van der Waals surface area contributed by atoms with Gasteiger partial charge in [0.25, 0.3) is 0 Å². The van der Waals surface area contributed by atoms with E-state index < -0.39 is 5.88 Å². The molecule has 1 aromatic heterocycles. The van der Waals surface area contributed by atoms with Crippen LogP contribution in [0.1, 0.15) is 5.56 Å². The Hall–Kier alpha value is -0.990. The van der Waals surface area contributed by atoms with Gasteiger partial charge in [0.15, 0.2) is 0 Å². The Kier molecular flexibility index (Phi) is 4.00.